The van der Waals surface area contributed by atoms with Gasteiger partial charge in [0.15, 0.2) is 0 Å². The highest BCUT2D eigenvalue weighted by atomic mass is 16.5. The van der Waals surface area contributed by atoms with Crippen LogP contribution in [0.3, 0.4) is 0 Å². The predicted octanol–water partition coefficient (Wildman–Crippen LogP) is 4.32. The fourth-order valence-electron chi connectivity index (χ4n) is 2.76. The van der Waals surface area contributed by atoms with Gasteiger partial charge in [-0.1, -0.05) is 20.8 Å². The molecule has 1 aliphatic carbocycles. The standard InChI is InChI=1S/C18H25NO2/c1-11(2)12(3)18-8-13-7-15(5-6-17(13)21-18)20-16-9-14(10-16)19-4/h5-8,11-12,14,16,19H,9-10H2,1-4H3/t12-,14-,16-/m1/s1. The first kappa shape index (κ1) is 14.5. The normalized spacial score (nSPS) is 23.3. The van der Waals surface area contributed by atoms with Gasteiger partial charge in [-0.15, -0.1) is 0 Å². The topological polar surface area (TPSA) is 34.4 Å². The molecule has 0 saturated heterocycles. The summed E-state index contributed by atoms with van der Waals surface area (Å²) in [4.78, 5) is 0. The van der Waals surface area contributed by atoms with E-state index in [1.807, 2.05) is 19.2 Å². The van der Waals surface area contributed by atoms with Crippen LogP contribution in [0, 0.1) is 5.92 Å². The summed E-state index contributed by atoms with van der Waals surface area (Å²) in [7, 11) is 2.01. The van der Waals surface area contributed by atoms with Crippen molar-refractivity contribution in [1.82, 2.24) is 5.32 Å². The Hall–Kier alpha value is -1.48. The van der Waals surface area contributed by atoms with Crippen LogP contribution in [0.15, 0.2) is 28.7 Å². The lowest BCUT2D eigenvalue weighted by molar-refractivity contribution is 0.0886. The van der Waals surface area contributed by atoms with Gasteiger partial charge in [0.1, 0.15) is 23.2 Å². The van der Waals surface area contributed by atoms with Crippen LogP contribution in [0.2, 0.25) is 0 Å². The van der Waals surface area contributed by atoms with Crippen LogP contribution in [0.5, 0.6) is 5.75 Å². The van der Waals surface area contributed by atoms with Crippen molar-refractivity contribution in [2.45, 2.75) is 51.7 Å². The Balaban J connectivity index is 1.74. The van der Waals surface area contributed by atoms with Gasteiger partial charge in [-0.2, -0.15) is 0 Å². The average molecular weight is 287 g/mol. The zero-order valence-electron chi connectivity index (χ0n) is 13.3. The van der Waals surface area contributed by atoms with Gasteiger partial charge in [0.05, 0.1) is 0 Å². The molecule has 0 amide bonds. The Labute approximate surface area is 126 Å². The van der Waals surface area contributed by atoms with Gasteiger partial charge in [0.25, 0.3) is 0 Å². The van der Waals surface area contributed by atoms with E-state index < -0.39 is 0 Å². The molecule has 2 aromatic rings. The first-order valence-electron chi connectivity index (χ1n) is 7.94. The average Bonchev–Trinajstić information content (AvgIpc) is 2.84. The van der Waals surface area contributed by atoms with E-state index in [4.69, 9.17) is 9.15 Å². The summed E-state index contributed by atoms with van der Waals surface area (Å²) in [5, 5.41) is 4.42. The molecule has 0 bridgehead atoms. The molecule has 1 atom stereocenters. The van der Waals surface area contributed by atoms with Crippen molar-refractivity contribution < 1.29 is 9.15 Å². The minimum Gasteiger partial charge on any atom is -0.490 e. The number of rotatable bonds is 5. The van der Waals surface area contributed by atoms with Crippen LogP contribution in [0.25, 0.3) is 11.0 Å². The molecule has 1 fully saturated rings. The van der Waals surface area contributed by atoms with Crippen molar-refractivity contribution in [1.29, 1.82) is 0 Å². The molecule has 3 heteroatoms. The summed E-state index contributed by atoms with van der Waals surface area (Å²) in [5.41, 5.74) is 0.951. The zero-order chi connectivity index (χ0) is 15.0. The number of furan rings is 1. The third-order valence-corrected chi connectivity index (χ3v) is 4.76. The third-order valence-electron chi connectivity index (χ3n) is 4.76. The van der Waals surface area contributed by atoms with Crippen molar-refractivity contribution in [2.75, 3.05) is 7.05 Å². The maximum Gasteiger partial charge on any atom is 0.134 e. The highest BCUT2D eigenvalue weighted by molar-refractivity contribution is 5.79. The van der Waals surface area contributed by atoms with Crippen LogP contribution in [-0.2, 0) is 0 Å². The minimum atomic E-state index is 0.348. The van der Waals surface area contributed by atoms with Crippen molar-refractivity contribution in [3.05, 3.63) is 30.0 Å². The van der Waals surface area contributed by atoms with E-state index in [9.17, 15) is 0 Å². The fourth-order valence-corrected chi connectivity index (χ4v) is 2.76. The predicted molar refractivity (Wildman–Crippen MR) is 86.0 cm³/mol. The van der Waals surface area contributed by atoms with Gasteiger partial charge in [-0.05, 0) is 50.1 Å². The molecule has 0 unspecified atom stereocenters. The molecule has 0 aliphatic heterocycles. The van der Waals surface area contributed by atoms with Gasteiger partial charge in [0, 0.05) is 17.3 Å². The summed E-state index contributed by atoms with van der Waals surface area (Å²) in [6.45, 7) is 6.66. The Morgan fingerprint density at radius 1 is 1.19 bits per heavy atom. The molecular formula is C18H25NO2. The van der Waals surface area contributed by atoms with Gasteiger partial charge >= 0.3 is 0 Å². The molecule has 1 saturated carbocycles. The fraction of sp³-hybridized carbons (Fsp3) is 0.556. The number of hydrogen-bond donors (Lipinski definition) is 1. The molecule has 1 aromatic carbocycles. The summed E-state index contributed by atoms with van der Waals surface area (Å²) < 4.78 is 12.0. The van der Waals surface area contributed by atoms with Crippen LogP contribution >= 0.6 is 0 Å². The van der Waals surface area contributed by atoms with Gasteiger partial charge < -0.3 is 14.5 Å². The van der Waals surface area contributed by atoms with Crippen LogP contribution in [0.1, 0.15) is 45.3 Å². The maximum absolute atomic E-state index is 6.03. The van der Waals surface area contributed by atoms with Crippen LogP contribution in [-0.4, -0.2) is 19.2 Å². The van der Waals surface area contributed by atoms with Crippen LogP contribution < -0.4 is 10.1 Å². The molecule has 3 rings (SSSR count). The smallest absolute Gasteiger partial charge is 0.134 e. The molecule has 1 heterocycles. The van der Waals surface area contributed by atoms with Crippen molar-refractivity contribution in [2.24, 2.45) is 5.92 Å². The lowest BCUT2D eigenvalue weighted by Crippen LogP contribution is -2.45. The first-order chi connectivity index (χ1) is 10.1. The second kappa shape index (κ2) is 5.72. The Morgan fingerprint density at radius 3 is 2.62 bits per heavy atom. The van der Waals surface area contributed by atoms with E-state index in [2.05, 4.69) is 38.2 Å². The number of hydrogen-bond acceptors (Lipinski definition) is 3. The highest BCUT2D eigenvalue weighted by Gasteiger charge is 2.29. The summed E-state index contributed by atoms with van der Waals surface area (Å²) >= 11 is 0. The molecule has 1 N–H and O–H groups in total. The van der Waals surface area contributed by atoms with Crippen LogP contribution in [0.4, 0.5) is 0 Å². The zero-order valence-corrected chi connectivity index (χ0v) is 13.3. The summed E-state index contributed by atoms with van der Waals surface area (Å²) in [6, 6.07) is 8.91. The minimum absolute atomic E-state index is 0.348. The maximum atomic E-state index is 6.03. The van der Waals surface area contributed by atoms with Crippen molar-refractivity contribution in [3.8, 4) is 5.75 Å². The molecule has 0 spiro atoms. The SMILES string of the molecule is CN[C@H]1C[C@H](Oc2ccc3oc([C@H](C)C(C)C)cc3c2)C1. The first-order valence-corrected chi connectivity index (χ1v) is 7.94. The van der Waals surface area contributed by atoms with Gasteiger partial charge in [-0.3, -0.25) is 0 Å². The van der Waals surface area contributed by atoms with E-state index in [1.54, 1.807) is 0 Å². The number of benzene rings is 1. The van der Waals surface area contributed by atoms with E-state index >= 15 is 0 Å². The number of ether oxygens (including phenoxy) is 1. The van der Waals surface area contributed by atoms with E-state index in [0.717, 1.165) is 35.3 Å². The highest BCUT2D eigenvalue weighted by Crippen LogP contribution is 2.33. The van der Waals surface area contributed by atoms with Crippen molar-refractivity contribution in [3.63, 3.8) is 0 Å². The Bertz CT molecular complexity index is 611. The van der Waals surface area contributed by atoms with E-state index in [1.165, 1.54) is 0 Å². The third kappa shape index (κ3) is 2.93. The second-order valence-corrected chi connectivity index (χ2v) is 6.58. The quantitative estimate of drug-likeness (QED) is 0.889. The monoisotopic (exact) mass is 287 g/mol. The second-order valence-electron chi connectivity index (χ2n) is 6.58. The van der Waals surface area contributed by atoms with Crippen molar-refractivity contribution >= 4 is 11.0 Å². The van der Waals surface area contributed by atoms with Gasteiger partial charge in [-0.25, -0.2) is 0 Å². The summed E-state index contributed by atoms with van der Waals surface area (Å²) in [6.07, 6.45) is 2.53. The van der Waals surface area contributed by atoms with E-state index in [-0.39, 0.29) is 0 Å². The molecule has 0 radical (unpaired) electrons. The Kier molecular flexibility index (Phi) is 3.94. The summed E-state index contributed by atoms with van der Waals surface area (Å²) in [5.74, 6) is 3.03. The molecule has 3 nitrogen and oxygen atoms in total. The van der Waals surface area contributed by atoms with E-state index in [0.29, 0.717) is 24.0 Å². The largest absolute Gasteiger partial charge is 0.490 e. The Morgan fingerprint density at radius 2 is 1.95 bits per heavy atom. The lowest BCUT2D eigenvalue weighted by Gasteiger charge is -2.35. The molecule has 114 valence electrons. The molecular weight excluding hydrogens is 262 g/mol. The number of nitrogens with one attached hydrogen (secondary N) is 1. The molecule has 21 heavy (non-hydrogen) atoms. The molecule has 1 aromatic heterocycles. The van der Waals surface area contributed by atoms with Gasteiger partial charge in [0.2, 0.25) is 0 Å². The number of fused-ring (bicyclic) bond motifs is 1. The molecule has 1 aliphatic rings. The lowest BCUT2D eigenvalue weighted by atomic mass is 9.89.